The summed E-state index contributed by atoms with van der Waals surface area (Å²) < 4.78 is 0. The van der Waals surface area contributed by atoms with Gasteiger partial charge in [-0.1, -0.05) is 13.3 Å². The molecule has 1 unspecified atom stereocenters. The smallest absolute Gasteiger partial charge is 0.326 e. The van der Waals surface area contributed by atoms with Crippen LogP contribution in [0, 0.1) is 5.92 Å². The summed E-state index contributed by atoms with van der Waals surface area (Å²) in [6.45, 7) is 2.16. The number of carbonyl (C=O) groups excluding carboxylic acids is 2. The van der Waals surface area contributed by atoms with Crippen LogP contribution >= 0.6 is 0 Å². The van der Waals surface area contributed by atoms with E-state index in [1.807, 2.05) is 6.92 Å². The summed E-state index contributed by atoms with van der Waals surface area (Å²) in [5.74, 6) is -1.67. The summed E-state index contributed by atoms with van der Waals surface area (Å²) in [5, 5.41) is 14.0. The topological polar surface area (TPSA) is 95.5 Å². The number of carboxylic acids is 1. The fraction of sp³-hybridized carbons (Fsp3) is 0.727. The number of rotatable bonds is 5. The van der Waals surface area contributed by atoms with E-state index in [4.69, 9.17) is 5.11 Å². The van der Waals surface area contributed by atoms with Crippen molar-refractivity contribution in [1.29, 1.82) is 0 Å². The quantitative estimate of drug-likeness (QED) is 0.626. The maximum Gasteiger partial charge on any atom is 0.326 e. The van der Waals surface area contributed by atoms with Crippen molar-refractivity contribution in [2.24, 2.45) is 5.92 Å². The van der Waals surface area contributed by atoms with Gasteiger partial charge >= 0.3 is 5.97 Å². The minimum atomic E-state index is -1.01. The molecule has 0 saturated carbocycles. The molecule has 0 aromatic carbocycles. The molecule has 1 heterocycles. The molecule has 0 aromatic rings. The molecule has 1 aliphatic heterocycles. The minimum Gasteiger partial charge on any atom is -0.480 e. The third kappa shape index (κ3) is 4.05. The maximum absolute atomic E-state index is 11.8. The predicted molar refractivity (Wildman–Crippen MR) is 60.2 cm³/mol. The van der Waals surface area contributed by atoms with Gasteiger partial charge < -0.3 is 15.7 Å². The van der Waals surface area contributed by atoms with Crippen molar-refractivity contribution in [1.82, 2.24) is 10.6 Å². The van der Waals surface area contributed by atoms with Gasteiger partial charge in [0.15, 0.2) is 0 Å². The molecule has 0 bridgehead atoms. The standard InChI is InChI=1S/C11H18N2O4/c1-2-3-8(11(16)17)13-10(15)7-4-5-9(14)12-6-7/h7-8H,2-6H2,1H3,(H,12,14)(H,13,15)(H,16,17)/t7?,8-/m1/s1. The lowest BCUT2D eigenvalue weighted by Crippen LogP contribution is -2.48. The lowest BCUT2D eigenvalue weighted by Gasteiger charge is -2.23. The predicted octanol–water partition coefficient (Wildman–Crippen LogP) is -0.118. The Morgan fingerprint density at radius 3 is 2.76 bits per heavy atom. The molecule has 1 rings (SSSR count). The number of hydrogen-bond donors (Lipinski definition) is 3. The Bertz CT molecular complexity index is 307. The van der Waals surface area contributed by atoms with Crippen LogP contribution in [0.2, 0.25) is 0 Å². The summed E-state index contributed by atoms with van der Waals surface area (Å²) in [4.78, 5) is 33.6. The molecule has 96 valence electrons. The fourth-order valence-electron chi connectivity index (χ4n) is 1.79. The van der Waals surface area contributed by atoms with Gasteiger partial charge in [0, 0.05) is 13.0 Å². The number of carbonyl (C=O) groups is 3. The molecule has 0 aliphatic carbocycles. The van der Waals surface area contributed by atoms with Crippen molar-refractivity contribution in [2.45, 2.75) is 38.6 Å². The molecule has 6 heteroatoms. The molecule has 2 atom stereocenters. The van der Waals surface area contributed by atoms with E-state index < -0.39 is 12.0 Å². The average molecular weight is 242 g/mol. The first-order chi connectivity index (χ1) is 8.04. The van der Waals surface area contributed by atoms with E-state index in [1.165, 1.54) is 0 Å². The zero-order valence-electron chi connectivity index (χ0n) is 9.86. The van der Waals surface area contributed by atoms with E-state index >= 15 is 0 Å². The molecule has 3 N–H and O–H groups in total. The zero-order valence-corrected chi connectivity index (χ0v) is 9.86. The Balaban J connectivity index is 2.46. The lowest BCUT2D eigenvalue weighted by atomic mass is 9.97. The van der Waals surface area contributed by atoms with Gasteiger partial charge in [-0.15, -0.1) is 0 Å². The van der Waals surface area contributed by atoms with E-state index in [-0.39, 0.29) is 17.7 Å². The van der Waals surface area contributed by atoms with Crippen LogP contribution in [0.15, 0.2) is 0 Å². The van der Waals surface area contributed by atoms with Gasteiger partial charge in [-0.05, 0) is 12.8 Å². The minimum absolute atomic E-state index is 0.0580. The second-order valence-corrected chi connectivity index (χ2v) is 4.23. The van der Waals surface area contributed by atoms with Crippen molar-refractivity contribution in [2.75, 3.05) is 6.54 Å². The van der Waals surface area contributed by atoms with Crippen molar-refractivity contribution in [3.05, 3.63) is 0 Å². The van der Waals surface area contributed by atoms with E-state index in [9.17, 15) is 14.4 Å². The van der Waals surface area contributed by atoms with Crippen molar-refractivity contribution >= 4 is 17.8 Å². The molecule has 0 spiro atoms. The van der Waals surface area contributed by atoms with Crippen molar-refractivity contribution < 1.29 is 19.5 Å². The second kappa shape index (κ2) is 6.22. The fourth-order valence-corrected chi connectivity index (χ4v) is 1.79. The van der Waals surface area contributed by atoms with Gasteiger partial charge in [0.05, 0.1) is 5.92 Å². The highest BCUT2D eigenvalue weighted by molar-refractivity contribution is 5.87. The van der Waals surface area contributed by atoms with Gasteiger partial charge in [0.25, 0.3) is 0 Å². The summed E-state index contributed by atoms with van der Waals surface area (Å²) in [6, 6.07) is -0.829. The van der Waals surface area contributed by atoms with E-state index in [2.05, 4.69) is 10.6 Å². The summed E-state index contributed by atoms with van der Waals surface area (Å²) in [7, 11) is 0. The van der Waals surface area contributed by atoms with E-state index in [1.54, 1.807) is 0 Å². The van der Waals surface area contributed by atoms with Crippen LogP contribution in [0.3, 0.4) is 0 Å². The molecule has 17 heavy (non-hydrogen) atoms. The second-order valence-electron chi connectivity index (χ2n) is 4.23. The SMILES string of the molecule is CCC[C@@H](NC(=O)C1CCC(=O)NC1)C(=O)O. The monoisotopic (exact) mass is 242 g/mol. The van der Waals surface area contributed by atoms with Crippen molar-refractivity contribution in [3.8, 4) is 0 Å². The normalized spacial score (nSPS) is 21.5. The maximum atomic E-state index is 11.8. The van der Waals surface area contributed by atoms with Gasteiger partial charge in [-0.25, -0.2) is 4.79 Å². The third-order valence-corrected chi connectivity index (χ3v) is 2.83. The van der Waals surface area contributed by atoms with Crippen LogP contribution in [0.1, 0.15) is 32.6 Å². The van der Waals surface area contributed by atoms with E-state index in [0.29, 0.717) is 32.2 Å². The van der Waals surface area contributed by atoms with Crippen molar-refractivity contribution in [3.63, 3.8) is 0 Å². The number of nitrogens with one attached hydrogen (secondary N) is 2. The van der Waals surface area contributed by atoms with Crippen LogP contribution in [0.25, 0.3) is 0 Å². The van der Waals surface area contributed by atoms with Crippen LogP contribution in [0.4, 0.5) is 0 Å². The Hall–Kier alpha value is -1.59. The summed E-state index contributed by atoms with van der Waals surface area (Å²) >= 11 is 0. The third-order valence-electron chi connectivity index (χ3n) is 2.83. The number of piperidine rings is 1. The van der Waals surface area contributed by atoms with Crippen LogP contribution in [-0.4, -0.2) is 35.5 Å². The number of carboxylic acid groups (broad SMARTS) is 1. The molecule has 1 aliphatic rings. The molecule has 1 saturated heterocycles. The average Bonchev–Trinajstić information content (AvgIpc) is 2.29. The Kier molecular flexibility index (Phi) is 4.93. The van der Waals surface area contributed by atoms with Gasteiger partial charge in [0.2, 0.25) is 11.8 Å². The molecular weight excluding hydrogens is 224 g/mol. The number of hydrogen-bond acceptors (Lipinski definition) is 3. The molecule has 0 radical (unpaired) electrons. The summed E-state index contributed by atoms with van der Waals surface area (Å²) in [5.41, 5.74) is 0. The van der Waals surface area contributed by atoms with Crippen LogP contribution in [0.5, 0.6) is 0 Å². The van der Waals surface area contributed by atoms with Gasteiger partial charge in [0.1, 0.15) is 6.04 Å². The Morgan fingerprint density at radius 2 is 2.29 bits per heavy atom. The first-order valence-corrected chi connectivity index (χ1v) is 5.84. The highest BCUT2D eigenvalue weighted by Crippen LogP contribution is 2.11. The molecule has 2 amide bonds. The molecule has 0 aromatic heterocycles. The van der Waals surface area contributed by atoms with E-state index in [0.717, 1.165) is 0 Å². The highest BCUT2D eigenvalue weighted by atomic mass is 16.4. The Morgan fingerprint density at radius 1 is 1.59 bits per heavy atom. The van der Waals surface area contributed by atoms with Gasteiger partial charge in [-0.2, -0.15) is 0 Å². The summed E-state index contributed by atoms with van der Waals surface area (Å²) in [6.07, 6.45) is 1.92. The van der Waals surface area contributed by atoms with Gasteiger partial charge in [-0.3, -0.25) is 9.59 Å². The first kappa shape index (κ1) is 13.5. The van der Waals surface area contributed by atoms with Crippen LogP contribution < -0.4 is 10.6 Å². The molecule has 6 nitrogen and oxygen atoms in total. The van der Waals surface area contributed by atoms with Crippen LogP contribution in [-0.2, 0) is 14.4 Å². The number of aliphatic carboxylic acids is 1. The number of amides is 2. The molecular formula is C11H18N2O4. The largest absolute Gasteiger partial charge is 0.480 e. The molecule has 1 fully saturated rings. The highest BCUT2D eigenvalue weighted by Gasteiger charge is 2.27. The zero-order chi connectivity index (χ0) is 12.8. The Labute approximate surface area is 99.8 Å². The first-order valence-electron chi connectivity index (χ1n) is 5.84. The lowest BCUT2D eigenvalue weighted by molar-refractivity contribution is -0.143.